The smallest absolute Gasteiger partial charge is 0.191 e. The summed E-state index contributed by atoms with van der Waals surface area (Å²) in [6.45, 7) is 11.9. The highest BCUT2D eigenvalue weighted by Gasteiger charge is 2.20. The van der Waals surface area contributed by atoms with E-state index in [0.717, 1.165) is 13.0 Å². The van der Waals surface area contributed by atoms with Crippen molar-refractivity contribution in [2.75, 3.05) is 31.1 Å². The third-order valence-corrected chi connectivity index (χ3v) is 5.97. The van der Waals surface area contributed by atoms with Crippen LogP contribution in [0.15, 0.2) is 29.3 Å². The fourth-order valence-corrected chi connectivity index (χ4v) is 3.07. The van der Waals surface area contributed by atoms with E-state index in [1.165, 1.54) is 11.1 Å². The minimum Gasteiger partial charge on any atom is -0.357 e. The van der Waals surface area contributed by atoms with Gasteiger partial charge in [-0.3, -0.25) is 4.99 Å². The molecule has 0 aliphatic rings. The van der Waals surface area contributed by atoms with E-state index >= 15 is 0 Å². The summed E-state index contributed by atoms with van der Waals surface area (Å²) in [7, 11) is -2.97. The molecule has 0 amide bonds. The zero-order valence-electron chi connectivity index (χ0n) is 16.2. The van der Waals surface area contributed by atoms with Crippen LogP contribution in [0.3, 0.4) is 0 Å². The van der Waals surface area contributed by atoms with Gasteiger partial charge in [-0.1, -0.05) is 52.0 Å². The molecule has 6 heteroatoms. The molecule has 0 unspecified atom stereocenters. The lowest BCUT2D eigenvalue weighted by Crippen LogP contribution is -2.40. The lowest BCUT2D eigenvalue weighted by Gasteiger charge is -2.24. The SMILES string of the molecule is CCNC(=NCC(C)(C)c1ccc(CC)cc1)NCCS(=O)(=O)CC. The van der Waals surface area contributed by atoms with Gasteiger partial charge >= 0.3 is 0 Å². The van der Waals surface area contributed by atoms with Gasteiger partial charge in [0.15, 0.2) is 15.8 Å². The van der Waals surface area contributed by atoms with Gasteiger partial charge in [0.25, 0.3) is 0 Å². The van der Waals surface area contributed by atoms with E-state index in [4.69, 9.17) is 0 Å². The Morgan fingerprint density at radius 2 is 1.72 bits per heavy atom. The Labute approximate surface area is 153 Å². The second-order valence-corrected chi connectivity index (χ2v) is 9.27. The van der Waals surface area contributed by atoms with Crippen LogP contribution in [-0.2, 0) is 21.7 Å². The highest BCUT2D eigenvalue weighted by molar-refractivity contribution is 7.91. The van der Waals surface area contributed by atoms with Gasteiger partial charge in [-0.2, -0.15) is 0 Å². The van der Waals surface area contributed by atoms with Gasteiger partial charge in [-0.05, 0) is 24.5 Å². The summed E-state index contributed by atoms with van der Waals surface area (Å²) >= 11 is 0. The van der Waals surface area contributed by atoms with Crippen LogP contribution in [0.2, 0.25) is 0 Å². The Bertz CT molecular complexity index is 650. The Hall–Kier alpha value is -1.56. The molecule has 25 heavy (non-hydrogen) atoms. The second-order valence-electron chi connectivity index (χ2n) is 6.79. The van der Waals surface area contributed by atoms with Gasteiger partial charge in [0.2, 0.25) is 0 Å². The van der Waals surface area contributed by atoms with E-state index in [1.807, 2.05) is 6.92 Å². The summed E-state index contributed by atoms with van der Waals surface area (Å²) in [4.78, 5) is 4.65. The number of hydrogen-bond donors (Lipinski definition) is 2. The highest BCUT2D eigenvalue weighted by atomic mass is 32.2. The summed E-state index contributed by atoms with van der Waals surface area (Å²) in [5.41, 5.74) is 2.48. The quantitative estimate of drug-likeness (QED) is 0.520. The third-order valence-electron chi connectivity index (χ3n) is 4.27. The third kappa shape index (κ3) is 7.46. The van der Waals surface area contributed by atoms with Crippen LogP contribution in [0.5, 0.6) is 0 Å². The molecule has 0 saturated heterocycles. The first kappa shape index (κ1) is 21.5. The Morgan fingerprint density at radius 1 is 1.08 bits per heavy atom. The molecule has 2 N–H and O–H groups in total. The molecule has 142 valence electrons. The highest BCUT2D eigenvalue weighted by Crippen LogP contribution is 2.24. The molecular formula is C19H33N3O2S. The molecule has 0 saturated carbocycles. The first-order chi connectivity index (χ1) is 11.7. The van der Waals surface area contributed by atoms with E-state index in [2.05, 4.69) is 60.7 Å². The molecular weight excluding hydrogens is 334 g/mol. The zero-order valence-corrected chi connectivity index (χ0v) is 17.0. The average molecular weight is 368 g/mol. The number of guanidine groups is 1. The van der Waals surface area contributed by atoms with E-state index in [1.54, 1.807) is 6.92 Å². The maximum absolute atomic E-state index is 11.6. The van der Waals surface area contributed by atoms with Crippen molar-refractivity contribution < 1.29 is 8.42 Å². The van der Waals surface area contributed by atoms with Crippen molar-refractivity contribution >= 4 is 15.8 Å². The van der Waals surface area contributed by atoms with Gasteiger partial charge < -0.3 is 10.6 Å². The van der Waals surface area contributed by atoms with Crippen molar-refractivity contribution in [3.05, 3.63) is 35.4 Å². The summed E-state index contributed by atoms with van der Waals surface area (Å²) in [6, 6.07) is 8.67. The largest absolute Gasteiger partial charge is 0.357 e. The van der Waals surface area contributed by atoms with Crippen LogP contribution in [0.25, 0.3) is 0 Å². The van der Waals surface area contributed by atoms with E-state index in [-0.39, 0.29) is 16.9 Å². The van der Waals surface area contributed by atoms with Crippen molar-refractivity contribution in [1.82, 2.24) is 10.6 Å². The Balaban J connectivity index is 2.73. The van der Waals surface area contributed by atoms with Crippen molar-refractivity contribution in [2.45, 2.75) is 46.5 Å². The average Bonchev–Trinajstić information content (AvgIpc) is 2.59. The van der Waals surface area contributed by atoms with Crippen LogP contribution in [0.4, 0.5) is 0 Å². The van der Waals surface area contributed by atoms with Crippen LogP contribution >= 0.6 is 0 Å². The van der Waals surface area contributed by atoms with Gasteiger partial charge in [0, 0.05) is 24.3 Å². The van der Waals surface area contributed by atoms with Crippen molar-refractivity contribution in [1.29, 1.82) is 0 Å². The molecule has 0 aliphatic carbocycles. The fraction of sp³-hybridized carbons (Fsp3) is 0.632. The van der Waals surface area contributed by atoms with Crippen molar-refractivity contribution in [3.8, 4) is 0 Å². The molecule has 0 heterocycles. The number of nitrogens with zero attached hydrogens (tertiary/aromatic N) is 1. The first-order valence-corrected chi connectivity index (χ1v) is 10.9. The predicted molar refractivity (Wildman–Crippen MR) is 107 cm³/mol. The summed E-state index contributed by atoms with van der Waals surface area (Å²) in [5, 5.41) is 6.29. The molecule has 5 nitrogen and oxygen atoms in total. The monoisotopic (exact) mass is 367 g/mol. The normalized spacial score (nSPS) is 12.9. The standard InChI is InChI=1S/C19H33N3O2S/c1-6-16-9-11-17(12-10-16)19(4,5)15-22-18(20-7-2)21-13-14-25(23,24)8-3/h9-12H,6-8,13-15H2,1-5H3,(H2,20,21,22). The molecule has 0 aliphatic heterocycles. The molecule has 0 fully saturated rings. The lowest BCUT2D eigenvalue weighted by atomic mass is 9.84. The molecule has 1 aromatic rings. The molecule has 0 radical (unpaired) electrons. The maximum Gasteiger partial charge on any atom is 0.191 e. The second kappa shape index (κ2) is 9.80. The molecule has 0 bridgehead atoms. The van der Waals surface area contributed by atoms with E-state index in [0.29, 0.717) is 19.0 Å². The number of nitrogens with one attached hydrogen (secondary N) is 2. The van der Waals surface area contributed by atoms with E-state index < -0.39 is 9.84 Å². The minimum atomic E-state index is -2.97. The summed E-state index contributed by atoms with van der Waals surface area (Å²) in [5.74, 6) is 0.950. The Kier molecular flexibility index (Phi) is 8.42. The number of rotatable bonds is 9. The van der Waals surface area contributed by atoms with Crippen molar-refractivity contribution in [3.63, 3.8) is 0 Å². The van der Waals surface area contributed by atoms with Crippen LogP contribution in [0.1, 0.15) is 45.7 Å². The summed E-state index contributed by atoms with van der Waals surface area (Å²) in [6.07, 6.45) is 1.04. The molecule has 0 atom stereocenters. The number of hydrogen-bond acceptors (Lipinski definition) is 3. The number of aliphatic imine (C=N–C) groups is 1. The van der Waals surface area contributed by atoms with Crippen LogP contribution < -0.4 is 10.6 Å². The number of aryl methyl sites for hydroxylation is 1. The topological polar surface area (TPSA) is 70.6 Å². The van der Waals surface area contributed by atoms with Gasteiger partial charge in [-0.25, -0.2) is 8.42 Å². The van der Waals surface area contributed by atoms with Crippen molar-refractivity contribution in [2.24, 2.45) is 4.99 Å². The van der Waals surface area contributed by atoms with E-state index in [9.17, 15) is 8.42 Å². The molecule has 1 rings (SSSR count). The van der Waals surface area contributed by atoms with Gasteiger partial charge in [0.1, 0.15) is 0 Å². The summed E-state index contributed by atoms with van der Waals surface area (Å²) < 4.78 is 23.2. The minimum absolute atomic E-state index is 0.0931. The first-order valence-electron chi connectivity index (χ1n) is 9.06. The zero-order chi connectivity index (χ0) is 18.9. The van der Waals surface area contributed by atoms with Crippen LogP contribution in [-0.4, -0.2) is 45.5 Å². The molecule has 1 aromatic carbocycles. The number of benzene rings is 1. The maximum atomic E-state index is 11.6. The fourth-order valence-electron chi connectivity index (χ4n) is 2.37. The van der Waals surface area contributed by atoms with Crippen LogP contribution in [0, 0.1) is 0 Å². The molecule has 0 spiro atoms. The molecule has 0 aromatic heterocycles. The number of sulfone groups is 1. The lowest BCUT2D eigenvalue weighted by molar-refractivity contribution is 0.537. The van der Waals surface area contributed by atoms with Gasteiger partial charge in [-0.15, -0.1) is 0 Å². The predicted octanol–water partition coefficient (Wildman–Crippen LogP) is 2.52. The van der Waals surface area contributed by atoms with Gasteiger partial charge in [0.05, 0.1) is 12.3 Å². The Morgan fingerprint density at radius 3 is 2.24 bits per heavy atom.